The summed E-state index contributed by atoms with van der Waals surface area (Å²) in [4.78, 5) is 0. The first-order chi connectivity index (χ1) is 5.86. The first-order valence-electron chi connectivity index (χ1n) is 4.15. The van der Waals surface area contributed by atoms with Gasteiger partial charge in [0.25, 0.3) is 0 Å². The molecule has 1 aliphatic rings. The van der Waals surface area contributed by atoms with Gasteiger partial charge in [-0.25, -0.2) is 0 Å². The Morgan fingerprint density at radius 1 is 1.25 bits per heavy atom. The van der Waals surface area contributed by atoms with Crippen molar-refractivity contribution in [2.24, 2.45) is 5.92 Å². The van der Waals surface area contributed by atoms with E-state index in [9.17, 15) is 0 Å². The molecular formula is C8H15O3Si. The van der Waals surface area contributed by atoms with Crippen molar-refractivity contribution in [3.05, 3.63) is 12.3 Å². The zero-order chi connectivity index (χ0) is 8.81. The molecule has 0 aromatic rings. The van der Waals surface area contributed by atoms with Crippen LogP contribution in [0.15, 0.2) is 12.3 Å². The maximum Gasteiger partial charge on any atom is 0.655 e. The molecule has 12 heavy (non-hydrogen) atoms. The molecule has 0 atom stereocenters. The van der Waals surface area contributed by atoms with Crippen LogP contribution in [0.1, 0.15) is 19.3 Å². The molecule has 1 aliphatic carbocycles. The fourth-order valence-corrected chi connectivity index (χ4v) is 1.57. The summed E-state index contributed by atoms with van der Waals surface area (Å²) < 4.78 is 15.1. The van der Waals surface area contributed by atoms with Crippen molar-refractivity contribution in [2.75, 3.05) is 14.2 Å². The number of allylic oxidation sites excluding steroid dienone is 1. The molecule has 0 N–H and O–H groups in total. The summed E-state index contributed by atoms with van der Waals surface area (Å²) >= 11 is 0. The quantitative estimate of drug-likeness (QED) is 0.483. The maximum atomic E-state index is 5.22. The summed E-state index contributed by atoms with van der Waals surface area (Å²) in [7, 11) is 1.69. The van der Waals surface area contributed by atoms with Crippen LogP contribution in [0.3, 0.4) is 0 Å². The average Bonchev–Trinajstić information content (AvgIpc) is 2.02. The van der Waals surface area contributed by atoms with Crippen molar-refractivity contribution >= 4 is 9.53 Å². The highest BCUT2D eigenvalue weighted by atomic mass is 28.3. The summed E-state index contributed by atoms with van der Waals surface area (Å²) in [6, 6.07) is 0. The Balaban J connectivity index is 2.09. The Hall–Kier alpha value is -0.323. The largest absolute Gasteiger partial charge is 0.655 e. The van der Waals surface area contributed by atoms with Crippen molar-refractivity contribution in [1.82, 2.24) is 0 Å². The monoisotopic (exact) mass is 187 g/mol. The maximum absolute atomic E-state index is 5.22. The fourth-order valence-electron chi connectivity index (χ4n) is 1.02. The predicted molar refractivity (Wildman–Crippen MR) is 47.3 cm³/mol. The van der Waals surface area contributed by atoms with Gasteiger partial charge in [-0.15, -0.1) is 0 Å². The van der Waals surface area contributed by atoms with Crippen molar-refractivity contribution in [1.29, 1.82) is 0 Å². The van der Waals surface area contributed by atoms with Crippen LogP contribution in [-0.2, 0) is 13.3 Å². The van der Waals surface area contributed by atoms with Gasteiger partial charge in [0.2, 0.25) is 0 Å². The SMILES string of the molecule is CO[Si](OC)OC=CC1CCC1. The van der Waals surface area contributed by atoms with Gasteiger partial charge >= 0.3 is 9.53 Å². The molecule has 1 saturated carbocycles. The molecule has 0 aliphatic heterocycles. The fraction of sp³-hybridized carbons (Fsp3) is 0.750. The molecule has 3 nitrogen and oxygen atoms in total. The third kappa shape index (κ3) is 2.96. The zero-order valence-corrected chi connectivity index (χ0v) is 8.58. The highest BCUT2D eigenvalue weighted by Gasteiger charge is 2.16. The van der Waals surface area contributed by atoms with Gasteiger partial charge in [0.1, 0.15) is 0 Å². The van der Waals surface area contributed by atoms with Crippen molar-refractivity contribution in [3.8, 4) is 0 Å². The second-order valence-corrected chi connectivity index (χ2v) is 4.35. The summed E-state index contributed by atoms with van der Waals surface area (Å²) in [6.07, 6.45) is 7.74. The van der Waals surface area contributed by atoms with Gasteiger partial charge in [0.05, 0.1) is 6.26 Å². The van der Waals surface area contributed by atoms with Gasteiger partial charge in [0.15, 0.2) is 0 Å². The van der Waals surface area contributed by atoms with Crippen molar-refractivity contribution < 1.29 is 13.3 Å². The standard InChI is InChI=1S/C8H15O3Si/c1-9-12(10-2)11-7-6-8-4-3-5-8/h6-8H,3-5H2,1-2H3. The molecule has 4 heteroatoms. The van der Waals surface area contributed by atoms with Gasteiger partial charge in [-0.2, -0.15) is 0 Å². The normalized spacial score (nSPS) is 18.6. The number of rotatable bonds is 5. The average molecular weight is 187 g/mol. The highest BCUT2D eigenvalue weighted by Crippen LogP contribution is 2.27. The van der Waals surface area contributed by atoms with Crippen LogP contribution in [0.2, 0.25) is 0 Å². The topological polar surface area (TPSA) is 27.7 Å². The van der Waals surface area contributed by atoms with E-state index in [0.717, 1.165) is 5.92 Å². The molecule has 1 radical (unpaired) electrons. The summed E-state index contributed by atoms with van der Waals surface area (Å²) in [5.41, 5.74) is 0. The smallest absolute Gasteiger partial charge is 0.505 e. The van der Waals surface area contributed by atoms with Crippen LogP contribution in [-0.4, -0.2) is 23.7 Å². The Morgan fingerprint density at radius 2 is 1.92 bits per heavy atom. The molecule has 1 fully saturated rings. The van der Waals surface area contributed by atoms with E-state index < -0.39 is 9.53 Å². The molecular weight excluding hydrogens is 172 g/mol. The zero-order valence-electron chi connectivity index (χ0n) is 7.58. The van der Waals surface area contributed by atoms with Crippen molar-refractivity contribution in [3.63, 3.8) is 0 Å². The second kappa shape index (κ2) is 5.34. The number of hydrogen-bond donors (Lipinski definition) is 0. The molecule has 0 unspecified atom stereocenters. The Labute approximate surface area is 75.3 Å². The van der Waals surface area contributed by atoms with Gasteiger partial charge in [-0.1, -0.05) is 6.42 Å². The van der Waals surface area contributed by atoms with E-state index in [0.29, 0.717) is 0 Å². The molecule has 0 heterocycles. The van der Waals surface area contributed by atoms with E-state index in [4.69, 9.17) is 13.3 Å². The van der Waals surface area contributed by atoms with E-state index in [1.54, 1.807) is 20.5 Å². The van der Waals surface area contributed by atoms with Gasteiger partial charge in [-0.3, -0.25) is 0 Å². The molecule has 0 aromatic heterocycles. The lowest BCUT2D eigenvalue weighted by atomic mass is 9.86. The van der Waals surface area contributed by atoms with Gasteiger partial charge in [-0.05, 0) is 24.8 Å². The molecule has 0 saturated heterocycles. The van der Waals surface area contributed by atoms with E-state index in [2.05, 4.69) is 6.08 Å². The minimum Gasteiger partial charge on any atom is -0.505 e. The van der Waals surface area contributed by atoms with Gasteiger partial charge in [0, 0.05) is 14.2 Å². The lowest BCUT2D eigenvalue weighted by Crippen LogP contribution is -2.21. The molecule has 0 bridgehead atoms. The molecule has 69 valence electrons. The van der Waals surface area contributed by atoms with E-state index >= 15 is 0 Å². The third-order valence-corrected chi connectivity index (χ3v) is 2.99. The van der Waals surface area contributed by atoms with Crippen LogP contribution in [0.4, 0.5) is 0 Å². The molecule has 0 amide bonds. The lowest BCUT2D eigenvalue weighted by Gasteiger charge is -2.21. The Morgan fingerprint density at radius 3 is 2.33 bits per heavy atom. The van der Waals surface area contributed by atoms with Crippen LogP contribution >= 0.6 is 0 Å². The molecule has 0 spiro atoms. The summed E-state index contributed by atoms with van der Waals surface area (Å²) in [5.74, 6) is 0.724. The van der Waals surface area contributed by atoms with Gasteiger partial charge < -0.3 is 13.3 Å². The second-order valence-electron chi connectivity index (χ2n) is 2.80. The summed E-state index contributed by atoms with van der Waals surface area (Å²) in [6.45, 7) is 0. The summed E-state index contributed by atoms with van der Waals surface area (Å²) in [5, 5.41) is 0. The molecule has 0 aromatic carbocycles. The van der Waals surface area contributed by atoms with E-state index in [1.165, 1.54) is 19.3 Å². The highest BCUT2D eigenvalue weighted by molar-refractivity contribution is 6.36. The first kappa shape index (κ1) is 9.76. The van der Waals surface area contributed by atoms with E-state index in [-0.39, 0.29) is 0 Å². The lowest BCUT2D eigenvalue weighted by molar-refractivity contribution is 0.180. The first-order valence-corrected chi connectivity index (χ1v) is 5.37. The van der Waals surface area contributed by atoms with Crippen LogP contribution < -0.4 is 0 Å². The Bertz CT molecular complexity index is 141. The Kier molecular flexibility index (Phi) is 4.35. The van der Waals surface area contributed by atoms with Crippen LogP contribution in [0, 0.1) is 5.92 Å². The predicted octanol–water partition coefficient (Wildman–Crippen LogP) is 1.59. The number of hydrogen-bond acceptors (Lipinski definition) is 3. The van der Waals surface area contributed by atoms with E-state index in [1.807, 2.05) is 0 Å². The van der Waals surface area contributed by atoms with Crippen LogP contribution in [0.5, 0.6) is 0 Å². The minimum atomic E-state index is -1.49. The van der Waals surface area contributed by atoms with Crippen LogP contribution in [0.25, 0.3) is 0 Å². The minimum absolute atomic E-state index is 0.724. The van der Waals surface area contributed by atoms with Crippen molar-refractivity contribution in [2.45, 2.75) is 19.3 Å². The molecule has 1 rings (SSSR count). The third-order valence-electron chi connectivity index (χ3n) is 2.00.